The monoisotopic (exact) mass is 292 g/mol. The van der Waals surface area contributed by atoms with E-state index in [0.717, 1.165) is 18.2 Å². The Labute approximate surface area is 117 Å². The lowest BCUT2D eigenvalue weighted by Crippen LogP contribution is -2.03. The number of carboxylic acid groups (broad SMARTS) is 1. The molecule has 1 aromatic heterocycles. The van der Waals surface area contributed by atoms with Crippen molar-refractivity contribution in [2.45, 2.75) is 6.92 Å². The molecule has 0 saturated heterocycles. The van der Waals surface area contributed by atoms with Crippen LogP contribution in [0.15, 0.2) is 30.3 Å². The molecule has 0 radical (unpaired) electrons. The first-order valence-electron chi connectivity index (χ1n) is 5.71. The van der Waals surface area contributed by atoms with Crippen molar-refractivity contribution in [2.24, 2.45) is 0 Å². The summed E-state index contributed by atoms with van der Waals surface area (Å²) in [6.45, 7) is 1.63. The predicted octanol–water partition coefficient (Wildman–Crippen LogP) is 2.93. The molecule has 21 heavy (non-hydrogen) atoms. The molecule has 2 aromatic rings. The van der Waals surface area contributed by atoms with Crippen molar-refractivity contribution >= 4 is 11.7 Å². The van der Waals surface area contributed by atoms with Crippen LogP contribution in [0.3, 0.4) is 0 Å². The molecule has 8 heteroatoms. The lowest BCUT2D eigenvalue weighted by atomic mass is 10.2. The third kappa shape index (κ3) is 3.11. The third-order valence-corrected chi connectivity index (χ3v) is 2.56. The van der Waals surface area contributed by atoms with Crippen molar-refractivity contribution in [1.29, 1.82) is 0 Å². The number of ether oxygens (including phenoxy) is 1. The van der Waals surface area contributed by atoms with Gasteiger partial charge in [-0.25, -0.2) is 9.78 Å². The summed E-state index contributed by atoms with van der Waals surface area (Å²) in [7, 11) is 0. The number of carbonyl (C=O) groups is 1. The first-order valence-corrected chi connectivity index (χ1v) is 5.71. The number of aromatic nitrogens is 1. The fraction of sp³-hybridized carbons (Fsp3) is 0.0769. The van der Waals surface area contributed by atoms with Gasteiger partial charge in [-0.3, -0.25) is 10.1 Å². The molecule has 1 aromatic carbocycles. The number of halogens is 1. The molecule has 0 unspecified atom stereocenters. The van der Waals surface area contributed by atoms with E-state index in [1.807, 2.05) is 0 Å². The highest BCUT2D eigenvalue weighted by Gasteiger charge is 2.17. The number of pyridine rings is 1. The van der Waals surface area contributed by atoms with E-state index in [9.17, 15) is 19.3 Å². The number of nitrogens with zero attached hydrogens (tertiary/aromatic N) is 2. The zero-order valence-corrected chi connectivity index (χ0v) is 10.7. The van der Waals surface area contributed by atoms with E-state index in [1.54, 1.807) is 6.92 Å². The fourth-order valence-electron chi connectivity index (χ4n) is 1.58. The van der Waals surface area contributed by atoms with E-state index >= 15 is 0 Å². The Balaban J connectivity index is 2.38. The summed E-state index contributed by atoms with van der Waals surface area (Å²) in [5, 5.41) is 19.5. The molecule has 7 nitrogen and oxygen atoms in total. The predicted molar refractivity (Wildman–Crippen MR) is 69.1 cm³/mol. The fourth-order valence-corrected chi connectivity index (χ4v) is 1.58. The average Bonchev–Trinajstić information content (AvgIpc) is 2.37. The van der Waals surface area contributed by atoms with E-state index in [-0.39, 0.29) is 17.2 Å². The molecule has 0 aliphatic heterocycles. The van der Waals surface area contributed by atoms with E-state index in [2.05, 4.69) is 4.98 Å². The molecule has 2 rings (SSSR count). The van der Waals surface area contributed by atoms with Gasteiger partial charge in [0.15, 0.2) is 0 Å². The highest BCUT2D eigenvalue weighted by molar-refractivity contribution is 5.90. The first kappa shape index (κ1) is 14.4. The highest BCUT2D eigenvalue weighted by atomic mass is 19.1. The van der Waals surface area contributed by atoms with Crippen LogP contribution in [0, 0.1) is 22.9 Å². The lowest BCUT2D eigenvalue weighted by molar-refractivity contribution is -0.387. The van der Waals surface area contributed by atoms with Gasteiger partial charge in [0.05, 0.1) is 4.92 Å². The Morgan fingerprint density at radius 1 is 1.38 bits per heavy atom. The maximum Gasteiger partial charge on any atom is 0.341 e. The van der Waals surface area contributed by atoms with Crippen LogP contribution in [0.4, 0.5) is 10.1 Å². The van der Waals surface area contributed by atoms with Crippen LogP contribution in [-0.4, -0.2) is 21.0 Å². The van der Waals surface area contributed by atoms with Crippen LogP contribution in [0.2, 0.25) is 0 Å². The van der Waals surface area contributed by atoms with Gasteiger partial charge in [0, 0.05) is 17.8 Å². The van der Waals surface area contributed by atoms with Crippen LogP contribution in [0.1, 0.15) is 16.1 Å². The molecule has 1 N–H and O–H groups in total. The van der Waals surface area contributed by atoms with Crippen molar-refractivity contribution in [3.63, 3.8) is 0 Å². The largest absolute Gasteiger partial charge is 0.477 e. The smallest absolute Gasteiger partial charge is 0.341 e. The molecule has 0 aliphatic rings. The molecule has 0 amide bonds. The number of rotatable bonds is 4. The number of nitro groups is 1. The topological polar surface area (TPSA) is 103 Å². The minimum absolute atomic E-state index is 0.0845. The Bertz CT molecular complexity index is 732. The van der Waals surface area contributed by atoms with Crippen molar-refractivity contribution in [3.8, 4) is 11.6 Å². The molecule has 0 atom stereocenters. The number of aryl methyl sites for hydroxylation is 1. The first-order chi connectivity index (χ1) is 9.88. The minimum Gasteiger partial charge on any atom is -0.477 e. The summed E-state index contributed by atoms with van der Waals surface area (Å²) in [6, 6.07) is 5.69. The molecular weight excluding hydrogens is 283 g/mol. The van der Waals surface area contributed by atoms with Crippen LogP contribution >= 0.6 is 0 Å². The number of aromatic carboxylic acids is 1. The highest BCUT2D eigenvalue weighted by Crippen LogP contribution is 2.27. The molecule has 0 spiro atoms. The average molecular weight is 292 g/mol. The minimum atomic E-state index is -1.25. The summed E-state index contributed by atoms with van der Waals surface area (Å²) in [6.07, 6.45) is 0. The SMILES string of the molecule is Cc1ccc(C(=O)O)c(Oc2ccc([N+](=O)[O-])c(F)c2)n1. The van der Waals surface area contributed by atoms with Crippen LogP contribution in [0.25, 0.3) is 0 Å². The maximum absolute atomic E-state index is 13.5. The number of hydrogen-bond donors (Lipinski definition) is 1. The van der Waals surface area contributed by atoms with Gasteiger partial charge in [-0.2, -0.15) is 4.39 Å². The molecule has 1 heterocycles. The van der Waals surface area contributed by atoms with Gasteiger partial charge in [0.25, 0.3) is 0 Å². The molecular formula is C13H9FN2O5. The standard InChI is InChI=1S/C13H9FN2O5/c1-7-2-4-9(13(17)18)12(15-7)21-8-3-5-11(16(19)20)10(14)6-8/h2-6H,1H3,(H,17,18). The number of carboxylic acids is 1. The van der Waals surface area contributed by atoms with Crippen LogP contribution in [-0.2, 0) is 0 Å². The van der Waals surface area contributed by atoms with Gasteiger partial charge in [-0.15, -0.1) is 0 Å². The lowest BCUT2D eigenvalue weighted by Gasteiger charge is -2.08. The Kier molecular flexibility index (Phi) is 3.79. The Hall–Kier alpha value is -3.03. The van der Waals surface area contributed by atoms with Crippen molar-refractivity contribution < 1.29 is 24.0 Å². The summed E-state index contributed by atoms with van der Waals surface area (Å²) in [5.74, 6) is -2.63. The molecule has 0 bridgehead atoms. The second-order valence-corrected chi connectivity index (χ2v) is 4.08. The summed E-state index contributed by atoms with van der Waals surface area (Å²) in [5.41, 5.74) is -0.380. The molecule has 0 aliphatic carbocycles. The third-order valence-electron chi connectivity index (χ3n) is 2.56. The second-order valence-electron chi connectivity index (χ2n) is 4.08. The Morgan fingerprint density at radius 2 is 2.10 bits per heavy atom. The van der Waals surface area contributed by atoms with Gasteiger partial charge >= 0.3 is 11.7 Å². The summed E-state index contributed by atoms with van der Waals surface area (Å²) < 4.78 is 18.7. The zero-order chi connectivity index (χ0) is 15.6. The summed E-state index contributed by atoms with van der Waals surface area (Å²) >= 11 is 0. The number of hydrogen-bond acceptors (Lipinski definition) is 5. The van der Waals surface area contributed by atoms with E-state index in [1.165, 1.54) is 12.1 Å². The molecule has 0 saturated carbocycles. The van der Waals surface area contributed by atoms with Crippen molar-refractivity contribution in [2.75, 3.05) is 0 Å². The van der Waals surface area contributed by atoms with Gasteiger partial charge in [-0.1, -0.05) is 0 Å². The Morgan fingerprint density at radius 3 is 2.67 bits per heavy atom. The van der Waals surface area contributed by atoms with Gasteiger partial charge < -0.3 is 9.84 Å². The quantitative estimate of drug-likeness (QED) is 0.686. The van der Waals surface area contributed by atoms with Crippen LogP contribution in [0.5, 0.6) is 11.6 Å². The van der Waals surface area contributed by atoms with Gasteiger partial charge in [0.2, 0.25) is 11.7 Å². The zero-order valence-electron chi connectivity index (χ0n) is 10.7. The summed E-state index contributed by atoms with van der Waals surface area (Å²) in [4.78, 5) is 24.6. The van der Waals surface area contributed by atoms with E-state index in [4.69, 9.17) is 9.84 Å². The molecule has 0 fully saturated rings. The van der Waals surface area contributed by atoms with E-state index in [0.29, 0.717) is 5.69 Å². The molecule has 108 valence electrons. The van der Waals surface area contributed by atoms with Crippen LogP contribution < -0.4 is 4.74 Å². The number of benzene rings is 1. The normalized spacial score (nSPS) is 10.2. The number of nitro benzene ring substituents is 1. The van der Waals surface area contributed by atoms with E-state index < -0.39 is 22.4 Å². The van der Waals surface area contributed by atoms with Crippen molar-refractivity contribution in [1.82, 2.24) is 4.98 Å². The van der Waals surface area contributed by atoms with Gasteiger partial charge in [0.1, 0.15) is 11.3 Å². The van der Waals surface area contributed by atoms with Gasteiger partial charge in [-0.05, 0) is 25.1 Å². The van der Waals surface area contributed by atoms with Crippen molar-refractivity contribution in [3.05, 3.63) is 57.5 Å². The second kappa shape index (κ2) is 5.53. The maximum atomic E-state index is 13.5.